The molecule has 0 unspecified atom stereocenters. The van der Waals surface area contributed by atoms with Gasteiger partial charge < -0.3 is 15.2 Å². The molecule has 3 rings (SSSR count). The molecule has 0 radical (unpaired) electrons. The maximum absolute atomic E-state index is 14.0. The number of ether oxygens (including phenoxy) is 1. The second-order valence-electron chi connectivity index (χ2n) is 4.79. The van der Waals surface area contributed by atoms with E-state index in [4.69, 9.17) is 9.84 Å². The third kappa shape index (κ3) is 3.50. The Morgan fingerprint density at radius 3 is 2.84 bits per heavy atom. The van der Waals surface area contributed by atoms with E-state index in [1.54, 1.807) is 19.2 Å². The van der Waals surface area contributed by atoms with Crippen LogP contribution < -0.4 is 10.1 Å². The molecule has 0 saturated carbocycles. The second-order valence-corrected chi connectivity index (χ2v) is 4.79. The van der Waals surface area contributed by atoms with E-state index in [9.17, 15) is 9.18 Å². The molecule has 0 bridgehead atoms. The average Bonchev–Trinajstić information content (AvgIpc) is 2.64. The van der Waals surface area contributed by atoms with Crippen LogP contribution in [-0.2, 0) is 0 Å². The Bertz CT molecular complexity index is 935. The zero-order chi connectivity index (χ0) is 17.8. The van der Waals surface area contributed by atoms with Crippen molar-refractivity contribution in [3.05, 3.63) is 54.2 Å². The minimum absolute atomic E-state index is 0.0391. The first-order valence-electron chi connectivity index (χ1n) is 7.11. The van der Waals surface area contributed by atoms with Gasteiger partial charge in [-0.2, -0.15) is 4.98 Å². The molecule has 0 amide bonds. The molecule has 0 aliphatic heterocycles. The summed E-state index contributed by atoms with van der Waals surface area (Å²) in [7, 11) is 1.66. The summed E-state index contributed by atoms with van der Waals surface area (Å²) < 4.78 is 19.5. The number of carboxylic acids is 1. The molecule has 9 heteroatoms. The highest BCUT2D eigenvalue weighted by Crippen LogP contribution is 2.31. The number of aromatic nitrogens is 4. The van der Waals surface area contributed by atoms with Crippen molar-refractivity contribution in [3.63, 3.8) is 0 Å². The Balaban J connectivity index is 2.02. The van der Waals surface area contributed by atoms with Gasteiger partial charge in [-0.15, -0.1) is 0 Å². The van der Waals surface area contributed by atoms with Gasteiger partial charge in [0, 0.05) is 13.2 Å². The molecular weight excluding hydrogens is 329 g/mol. The predicted octanol–water partition coefficient (Wildman–Crippen LogP) is 2.60. The van der Waals surface area contributed by atoms with Gasteiger partial charge in [0.25, 0.3) is 0 Å². The smallest absolute Gasteiger partial charge is 0.335 e. The van der Waals surface area contributed by atoms with Crippen molar-refractivity contribution in [3.8, 4) is 23.0 Å². The van der Waals surface area contributed by atoms with Crippen molar-refractivity contribution >= 4 is 11.9 Å². The molecule has 2 aromatic heterocycles. The van der Waals surface area contributed by atoms with Gasteiger partial charge in [0.15, 0.2) is 17.4 Å². The summed E-state index contributed by atoms with van der Waals surface area (Å²) in [6.07, 6.45) is 2.77. The predicted molar refractivity (Wildman–Crippen MR) is 86.0 cm³/mol. The minimum atomic E-state index is -1.19. The number of nitrogens with one attached hydrogen (secondary N) is 1. The van der Waals surface area contributed by atoms with Crippen molar-refractivity contribution in [1.82, 2.24) is 19.9 Å². The number of benzene rings is 1. The number of carbonyl (C=O) groups is 1. The van der Waals surface area contributed by atoms with Crippen molar-refractivity contribution < 1.29 is 19.0 Å². The number of pyridine rings is 1. The molecule has 3 aromatic rings. The van der Waals surface area contributed by atoms with E-state index in [2.05, 4.69) is 25.3 Å². The van der Waals surface area contributed by atoms with E-state index in [-0.39, 0.29) is 23.0 Å². The number of nitrogens with zero attached hydrogens (tertiary/aromatic N) is 4. The number of hydrogen-bond donors (Lipinski definition) is 2. The Morgan fingerprint density at radius 1 is 1.24 bits per heavy atom. The maximum Gasteiger partial charge on any atom is 0.335 e. The zero-order valence-electron chi connectivity index (χ0n) is 13.0. The molecule has 0 fully saturated rings. The maximum atomic E-state index is 14.0. The third-order valence-corrected chi connectivity index (χ3v) is 3.19. The van der Waals surface area contributed by atoms with Crippen LogP contribution in [0.4, 0.5) is 10.3 Å². The summed E-state index contributed by atoms with van der Waals surface area (Å²) in [5.74, 6) is -1.51. The van der Waals surface area contributed by atoms with Crippen LogP contribution in [0.25, 0.3) is 11.4 Å². The van der Waals surface area contributed by atoms with E-state index < -0.39 is 11.8 Å². The highest BCUT2D eigenvalue weighted by molar-refractivity contribution is 5.88. The number of anilines is 1. The molecule has 2 heterocycles. The summed E-state index contributed by atoms with van der Waals surface area (Å²) in [5.41, 5.74) is 0.299. The van der Waals surface area contributed by atoms with Gasteiger partial charge in [0.05, 0.1) is 11.1 Å². The second kappa shape index (κ2) is 6.87. The lowest BCUT2D eigenvalue weighted by atomic mass is 10.2. The highest BCUT2D eigenvalue weighted by atomic mass is 19.1. The molecule has 1 aromatic carbocycles. The molecule has 0 aliphatic carbocycles. The quantitative estimate of drug-likeness (QED) is 0.728. The standard InChI is InChI=1S/C16H12FN5O3/c1-18-16-21-8-20-13(22-16)10-3-2-6-19-14(10)25-12-7-9(15(23)24)4-5-11(12)17/h2-8H,1H3,(H,23,24)(H,18,20,21,22). The SMILES string of the molecule is CNc1ncnc(-c2cccnc2Oc2cc(C(=O)O)ccc2F)n1. The van der Waals surface area contributed by atoms with Gasteiger partial charge in [0.2, 0.25) is 11.8 Å². The number of halogens is 1. The monoisotopic (exact) mass is 341 g/mol. The first-order chi connectivity index (χ1) is 12.1. The van der Waals surface area contributed by atoms with Crippen LogP contribution >= 0.6 is 0 Å². The Morgan fingerprint density at radius 2 is 2.08 bits per heavy atom. The summed E-state index contributed by atoms with van der Waals surface area (Å²) in [6.45, 7) is 0. The Labute approximate surface area is 141 Å². The van der Waals surface area contributed by atoms with Crippen LogP contribution in [0.1, 0.15) is 10.4 Å². The minimum Gasteiger partial charge on any atom is -0.478 e. The summed E-state index contributed by atoms with van der Waals surface area (Å²) in [6, 6.07) is 6.55. The van der Waals surface area contributed by atoms with E-state index in [1.165, 1.54) is 12.5 Å². The number of hydrogen-bond acceptors (Lipinski definition) is 7. The van der Waals surface area contributed by atoms with Crippen LogP contribution in [0.3, 0.4) is 0 Å². The number of aromatic carboxylic acids is 1. The number of rotatable bonds is 5. The Hall–Kier alpha value is -3.62. The lowest BCUT2D eigenvalue weighted by molar-refractivity contribution is 0.0696. The first kappa shape index (κ1) is 16.2. The molecule has 8 nitrogen and oxygen atoms in total. The van der Waals surface area contributed by atoms with E-state index >= 15 is 0 Å². The van der Waals surface area contributed by atoms with Gasteiger partial charge in [-0.05, 0) is 30.3 Å². The lowest BCUT2D eigenvalue weighted by Gasteiger charge is -2.10. The van der Waals surface area contributed by atoms with Crippen LogP contribution in [0.2, 0.25) is 0 Å². The first-order valence-corrected chi connectivity index (χ1v) is 7.11. The third-order valence-electron chi connectivity index (χ3n) is 3.19. The van der Waals surface area contributed by atoms with E-state index in [0.29, 0.717) is 11.5 Å². The summed E-state index contributed by atoms with van der Waals surface area (Å²) in [4.78, 5) is 27.3. The largest absolute Gasteiger partial charge is 0.478 e. The van der Waals surface area contributed by atoms with Gasteiger partial charge in [-0.3, -0.25) is 0 Å². The highest BCUT2D eigenvalue weighted by Gasteiger charge is 2.15. The van der Waals surface area contributed by atoms with Crippen LogP contribution in [0, 0.1) is 5.82 Å². The van der Waals surface area contributed by atoms with Crippen LogP contribution in [0.15, 0.2) is 42.9 Å². The van der Waals surface area contributed by atoms with Gasteiger partial charge in [0.1, 0.15) is 6.33 Å². The molecular formula is C16H12FN5O3. The molecule has 25 heavy (non-hydrogen) atoms. The fourth-order valence-electron chi connectivity index (χ4n) is 2.01. The summed E-state index contributed by atoms with van der Waals surface area (Å²) >= 11 is 0. The van der Waals surface area contributed by atoms with Gasteiger partial charge in [-0.1, -0.05) is 0 Å². The molecule has 2 N–H and O–H groups in total. The van der Waals surface area contributed by atoms with Gasteiger partial charge >= 0.3 is 5.97 Å². The number of carboxylic acid groups (broad SMARTS) is 1. The lowest BCUT2D eigenvalue weighted by Crippen LogP contribution is -2.02. The fourth-order valence-corrected chi connectivity index (χ4v) is 2.01. The van der Waals surface area contributed by atoms with E-state index in [1.807, 2.05) is 0 Å². The fraction of sp³-hybridized carbons (Fsp3) is 0.0625. The zero-order valence-corrected chi connectivity index (χ0v) is 13.0. The van der Waals surface area contributed by atoms with Crippen molar-refractivity contribution in [2.45, 2.75) is 0 Å². The molecule has 0 saturated heterocycles. The summed E-state index contributed by atoms with van der Waals surface area (Å²) in [5, 5.41) is 11.8. The average molecular weight is 341 g/mol. The van der Waals surface area contributed by atoms with Gasteiger partial charge in [-0.25, -0.2) is 24.1 Å². The van der Waals surface area contributed by atoms with E-state index in [0.717, 1.165) is 18.2 Å². The van der Waals surface area contributed by atoms with Crippen LogP contribution in [0.5, 0.6) is 11.6 Å². The van der Waals surface area contributed by atoms with Crippen molar-refractivity contribution in [2.75, 3.05) is 12.4 Å². The van der Waals surface area contributed by atoms with Crippen LogP contribution in [-0.4, -0.2) is 38.1 Å². The molecule has 0 atom stereocenters. The normalized spacial score (nSPS) is 10.3. The molecule has 0 spiro atoms. The molecule has 126 valence electrons. The van der Waals surface area contributed by atoms with Crippen molar-refractivity contribution in [1.29, 1.82) is 0 Å². The molecule has 0 aliphatic rings. The van der Waals surface area contributed by atoms with Crippen molar-refractivity contribution in [2.24, 2.45) is 0 Å². The Kier molecular flexibility index (Phi) is 4.46. The topological polar surface area (TPSA) is 110 Å².